The van der Waals surface area contributed by atoms with Gasteiger partial charge in [-0.25, -0.2) is 4.79 Å². The van der Waals surface area contributed by atoms with Gasteiger partial charge in [0, 0.05) is 12.0 Å². The Morgan fingerprint density at radius 2 is 2.13 bits per heavy atom. The Hall–Kier alpha value is -0.730. The van der Waals surface area contributed by atoms with Crippen molar-refractivity contribution in [2.75, 3.05) is 6.16 Å². The third-order valence-corrected chi connectivity index (χ3v) is 2.49. The largest absolute Gasteiger partial charge is 0.596 e. The van der Waals surface area contributed by atoms with E-state index >= 15 is 0 Å². The molecule has 0 heterocycles. The van der Waals surface area contributed by atoms with Crippen LogP contribution in [0.5, 0.6) is 0 Å². The number of hydrogen-bond acceptors (Lipinski definition) is 4. The van der Waals surface area contributed by atoms with E-state index in [-0.39, 0.29) is 12.3 Å². The van der Waals surface area contributed by atoms with E-state index in [0.29, 0.717) is 18.4 Å². The number of carbonyl (C=O) groups excluding carboxylic acids is 1. The van der Waals surface area contributed by atoms with Crippen LogP contribution in [0.2, 0.25) is 0 Å². The topological polar surface area (TPSA) is 66.4 Å². The van der Waals surface area contributed by atoms with Gasteiger partial charge in [-0.2, -0.15) is 0 Å². The molecule has 5 heteroatoms. The molecular formula is C10H17O4P. The van der Waals surface area contributed by atoms with Crippen molar-refractivity contribution in [2.24, 2.45) is 0 Å². The molecule has 0 saturated heterocycles. The summed E-state index contributed by atoms with van der Waals surface area (Å²) >= 11 is 0. The van der Waals surface area contributed by atoms with Crippen molar-refractivity contribution in [1.82, 2.24) is 0 Å². The van der Waals surface area contributed by atoms with E-state index in [9.17, 15) is 14.3 Å². The van der Waals surface area contributed by atoms with Crippen LogP contribution in [-0.2, 0) is 14.1 Å². The van der Waals surface area contributed by atoms with Crippen molar-refractivity contribution < 1.29 is 19.0 Å². The zero-order valence-electron chi connectivity index (χ0n) is 9.19. The summed E-state index contributed by atoms with van der Waals surface area (Å²) in [6, 6.07) is 0. The lowest BCUT2D eigenvalue weighted by atomic mass is 10.1. The zero-order chi connectivity index (χ0) is 11.8. The highest BCUT2D eigenvalue weighted by atomic mass is 31.1. The quantitative estimate of drug-likeness (QED) is 0.381. The number of hydrogen-bond donors (Lipinski definition) is 0. The number of ether oxygens (including phenoxy) is 1. The second kappa shape index (κ2) is 7.55. The van der Waals surface area contributed by atoms with Gasteiger partial charge in [0.15, 0.2) is 0 Å². The third kappa shape index (κ3) is 7.23. The molecule has 0 aliphatic rings. The van der Waals surface area contributed by atoms with Gasteiger partial charge in [0.1, 0.15) is 12.3 Å². The molecule has 0 aromatic rings. The summed E-state index contributed by atoms with van der Waals surface area (Å²) in [7, 11) is -2.40. The SMILES string of the molecule is C=C(C)C(=O)OC(CCC)CC[P+](=O)[O-]. The van der Waals surface area contributed by atoms with Gasteiger partial charge >= 0.3 is 14.0 Å². The fraction of sp³-hybridized carbons (Fsp3) is 0.700. The average Bonchev–Trinajstić information content (AvgIpc) is 2.14. The third-order valence-electron chi connectivity index (χ3n) is 1.87. The Morgan fingerprint density at radius 1 is 1.53 bits per heavy atom. The monoisotopic (exact) mass is 232 g/mol. The maximum Gasteiger partial charge on any atom is 0.333 e. The molecule has 0 aromatic heterocycles. The molecule has 0 radical (unpaired) electrons. The predicted molar refractivity (Wildman–Crippen MR) is 56.7 cm³/mol. The number of carbonyl (C=O) groups is 1. The van der Waals surface area contributed by atoms with Gasteiger partial charge in [0.25, 0.3) is 0 Å². The second-order valence-electron chi connectivity index (χ2n) is 3.44. The van der Waals surface area contributed by atoms with Crippen molar-refractivity contribution in [2.45, 2.75) is 39.2 Å². The molecule has 0 amide bonds. The van der Waals surface area contributed by atoms with E-state index in [2.05, 4.69) is 6.58 Å². The van der Waals surface area contributed by atoms with Gasteiger partial charge in [-0.05, 0) is 13.3 Å². The minimum atomic E-state index is -2.40. The first kappa shape index (κ1) is 14.3. The molecule has 86 valence electrons. The molecule has 0 bridgehead atoms. The molecule has 15 heavy (non-hydrogen) atoms. The first-order valence-corrected chi connectivity index (χ1v) is 6.32. The highest BCUT2D eigenvalue weighted by Crippen LogP contribution is 2.16. The molecule has 2 unspecified atom stereocenters. The van der Waals surface area contributed by atoms with Gasteiger partial charge in [-0.3, -0.25) is 0 Å². The molecule has 0 rings (SSSR count). The summed E-state index contributed by atoms with van der Waals surface area (Å²) in [5.41, 5.74) is 0.336. The lowest BCUT2D eigenvalue weighted by Gasteiger charge is -2.15. The van der Waals surface area contributed by atoms with Crippen LogP contribution >= 0.6 is 8.03 Å². The van der Waals surface area contributed by atoms with Gasteiger partial charge in [0.2, 0.25) is 0 Å². The van der Waals surface area contributed by atoms with Crippen LogP contribution in [0.3, 0.4) is 0 Å². The first-order valence-electron chi connectivity index (χ1n) is 4.95. The Labute approximate surface area is 91.2 Å². The minimum Gasteiger partial charge on any atom is -0.596 e. The molecule has 0 saturated carbocycles. The van der Waals surface area contributed by atoms with E-state index < -0.39 is 14.0 Å². The van der Waals surface area contributed by atoms with Crippen molar-refractivity contribution in [3.05, 3.63) is 12.2 Å². The Balaban J connectivity index is 4.08. The number of rotatable bonds is 7. The van der Waals surface area contributed by atoms with Crippen molar-refractivity contribution in [1.29, 1.82) is 0 Å². The standard InChI is InChI=1S/C10H17O4P/c1-4-5-9(6-7-15(12)13)14-10(11)8(2)3/h9H,2,4-7H2,1,3H3. The van der Waals surface area contributed by atoms with Crippen LogP contribution in [0.15, 0.2) is 12.2 Å². The summed E-state index contributed by atoms with van der Waals surface area (Å²) < 4.78 is 15.5. The molecule has 0 aromatic carbocycles. The predicted octanol–water partition coefficient (Wildman–Crippen LogP) is 1.77. The smallest absolute Gasteiger partial charge is 0.333 e. The Morgan fingerprint density at radius 3 is 2.53 bits per heavy atom. The minimum absolute atomic E-state index is 0.0590. The van der Waals surface area contributed by atoms with E-state index in [4.69, 9.17) is 4.74 Å². The van der Waals surface area contributed by atoms with Crippen LogP contribution in [0.4, 0.5) is 0 Å². The number of esters is 1. The molecule has 2 atom stereocenters. The van der Waals surface area contributed by atoms with Crippen molar-refractivity contribution in [3.63, 3.8) is 0 Å². The van der Waals surface area contributed by atoms with Crippen LogP contribution in [0.1, 0.15) is 33.1 Å². The fourth-order valence-electron chi connectivity index (χ4n) is 1.09. The Bertz CT molecular complexity index is 250. The molecular weight excluding hydrogens is 215 g/mol. The molecule has 0 aliphatic heterocycles. The van der Waals surface area contributed by atoms with Gasteiger partial charge < -0.3 is 9.63 Å². The van der Waals surface area contributed by atoms with E-state index in [1.165, 1.54) is 0 Å². The van der Waals surface area contributed by atoms with E-state index in [1.54, 1.807) is 6.92 Å². The molecule has 4 nitrogen and oxygen atoms in total. The maximum atomic E-state index is 11.2. The lowest BCUT2D eigenvalue weighted by Crippen LogP contribution is -2.19. The first-order chi connectivity index (χ1) is 6.97. The molecule has 0 N–H and O–H groups in total. The summed E-state index contributed by atoms with van der Waals surface area (Å²) in [6.45, 7) is 7.00. The fourth-order valence-corrected chi connectivity index (χ4v) is 1.58. The normalized spacial score (nSPS) is 13.1. The molecule has 0 fully saturated rings. The van der Waals surface area contributed by atoms with E-state index in [0.717, 1.165) is 6.42 Å². The maximum absolute atomic E-state index is 11.2. The van der Waals surface area contributed by atoms with Gasteiger partial charge in [-0.1, -0.05) is 24.5 Å². The van der Waals surface area contributed by atoms with Crippen LogP contribution in [-0.4, -0.2) is 18.2 Å². The van der Waals surface area contributed by atoms with E-state index in [1.807, 2.05) is 6.92 Å². The Kier molecular flexibility index (Phi) is 7.18. The van der Waals surface area contributed by atoms with Crippen molar-refractivity contribution in [3.8, 4) is 0 Å². The highest BCUT2D eigenvalue weighted by Gasteiger charge is 2.16. The van der Waals surface area contributed by atoms with Crippen LogP contribution in [0.25, 0.3) is 0 Å². The summed E-state index contributed by atoms with van der Waals surface area (Å²) in [5, 5.41) is 0. The van der Waals surface area contributed by atoms with Crippen LogP contribution in [0, 0.1) is 0 Å². The summed E-state index contributed by atoms with van der Waals surface area (Å²) in [6.07, 6.45) is 1.65. The second-order valence-corrected chi connectivity index (χ2v) is 4.55. The molecule has 0 spiro atoms. The van der Waals surface area contributed by atoms with Crippen LogP contribution < -0.4 is 4.89 Å². The van der Waals surface area contributed by atoms with Gasteiger partial charge in [-0.15, -0.1) is 0 Å². The zero-order valence-corrected chi connectivity index (χ0v) is 10.1. The summed E-state index contributed by atoms with van der Waals surface area (Å²) in [5.74, 6) is -0.449. The molecule has 0 aliphatic carbocycles. The summed E-state index contributed by atoms with van der Waals surface area (Å²) in [4.78, 5) is 21.6. The lowest BCUT2D eigenvalue weighted by molar-refractivity contribution is -0.165. The highest BCUT2D eigenvalue weighted by molar-refractivity contribution is 7.36. The van der Waals surface area contributed by atoms with Gasteiger partial charge in [0.05, 0.1) is 0 Å². The van der Waals surface area contributed by atoms with Crippen molar-refractivity contribution >= 4 is 14.0 Å². The average molecular weight is 232 g/mol.